The van der Waals surface area contributed by atoms with E-state index in [-0.39, 0.29) is 0 Å². The van der Waals surface area contributed by atoms with E-state index in [2.05, 4.69) is 0 Å². The fourth-order valence-electron chi connectivity index (χ4n) is 0.752. The Bertz CT molecular complexity index is 170. The topological polar surface area (TPSA) is 30.9 Å². The van der Waals surface area contributed by atoms with E-state index in [9.17, 15) is 0 Å². The summed E-state index contributed by atoms with van der Waals surface area (Å²) in [5, 5.41) is 0. The van der Waals surface area contributed by atoms with Crippen LogP contribution in [0.3, 0.4) is 0 Å². The second-order valence-corrected chi connectivity index (χ2v) is 2.05. The number of anilines is 1. The van der Waals surface area contributed by atoms with Gasteiger partial charge < -0.3 is 10.3 Å². The molecule has 0 atom stereocenters. The zero-order valence-corrected chi connectivity index (χ0v) is 7.18. The molecule has 2 N–H and O–H groups in total. The second kappa shape index (κ2) is 3.99. The van der Waals surface area contributed by atoms with Gasteiger partial charge in [0.15, 0.2) is 0 Å². The third kappa shape index (κ3) is 2.13. The van der Waals surface area contributed by atoms with Gasteiger partial charge in [-0.2, -0.15) is 0 Å². The molecule has 0 fully saturated rings. The molecule has 2 nitrogen and oxygen atoms in total. The summed E-state index contributed by atoms with van der Waals surface area (Å²) in [5.41, 5.74) is 6.72. The minimum atomic E-state index is 0.822. The van der Waals surface area contributed by atoms with Crippen molar-refractivity contribution in [1.29, 1.82) is 0 Å². The van der Waals surface area contributed by atoms with Crippen LogP contribution in [0, 0.1) is 6.92 Å². The van der Waals surface area contributed by atoms with Gasteiger partial charge in [0.05, 0.1) is 0 Å². The van der Waals surface area contributed by atoms with Gasteiger partial charge in [-0.3, -0.25) is 0 Å². The Morgan fingerprint density at radius 1 is 1.40 bits per heavy atom. The lowest BCUT2D eigenvalue weighted by molar-refractivity contribution is 0.938. The van der Waals surface area contributed by atoms with E-state index in [1.54, 1.807) is 0 Å². The summed E-state index contributed by atoms with van der Waals surface area (Å²) in [6, 6.07) is 1.94. The Kier molecular flexibility index (Phi) is 3.62. The second-order valence-electron chi connectivity index (χ2n) is 2.05. The van der Waals surface area contributed by atoms with Gasteiger partial charge in [-0.1, -0.05) is 13.8 Å². The summed E-state index contributed by atoms with van der Waals surface area (Å²) in [6.45, 7) is 6.02. The number of nitrogens with zero attached hydrogens (tertiary/aromatic N) is 1. The van der Waals surface area contributed by atoms with Crippen LogP contribution in [0.4, 0.5) is 5.82 Å². The highest BCUT2D eigenvalue weighted by Crippen LogP contribution is 2.05. The lowest BCUT2D eigenvalue weighted by Crippen LogP contribution is -1.92. The molecule has 58 valence electrons. The molecule has 1 aromatic heterocycles. The van der Waals surface area contributed by atoms with Gasteiger partial charge in [0.25, 0.3) is 0 Å². The normalized spacial score (nSPS) is 8.40. The highest BCUT2D eigenvalue weighted by molar-refractivity contribution is 5.34. The van der Waals surface area contributed by atoms with E-state index >= 15 is 0 Å². The van der Waals surface area contributed by atoms with Crippen molar-refractivity contribution >= 4 is 5.82 Å². The Balaban J connectivity index is 0.000000371. The molecule has 10 heavy (non-hydrogen) atoms. The number of aryl methyl sites for hydroxylation is 2. The third-order valence-corrected chi connectivity index (χ3v) is 1.18. The van der Waals surface area contributed by atoms with Crippen LogP contribution in [-0.2, 0) is 7.05 Å². The fourth-order valence-corrected chi connectivity index (χ4v) is 0.752. The van der Waals surface area contributed by atoms with Crippen LogP contribution in [0.1, 0.15) is 19.4 Å². The first kappa shape index (κ1) is 9.08. The average molecular weight is 140 g/mol. The number of nitrogens with two attached hydrogens (primary N) is 1. The molecule has 0 amide bonds. The zero-order chi connectivity index (χ0) is 8.15. The van der Waals surface area contributed by atoms with Gasteiger partial charge in [-0.15, -0.1) is 0 Å². The van der Waals surface area contributed by atoms with Crippen LogP contribution >= 0.6 is 0 Å². The molecule has 0 aliphatic heterocycles. The molecule has 0 saturated heterocycles. The van der Waals surface area contributed by atoms with E-state index in [1.165, 1.54) is 5.56 Å². The van der Waals surface area contributed by atoms with Crippen molar-refractivity contribution in [3.8, 4) is 0 Å². The SMILES string of the molecule is CC.Cc1cc(N)n(C)c1. The summed E-state index contributed by atoms with van der Waals surface area (Å²) in [4.78, 5) is 0. The molecule has 0 aliphatic carbocycles. The molecule has 2 heteroatoms. The quantitative estimate of drug-likeness (QED) is 0.586. The molecule has 0 radical (unpaired) electrons. The van der Waals surface area contributed by atoms with E-state index in [1.807, 2.05) is 44.6 Å². The molecule has 0 aliphatic rings. The Morgan fingerprint density at radius 3 is 2.00 bits per heavy atom. The van der Waals surface area contributed by atoms with Crippen molar-refractivity contribution in [2.45, 2.75) is 20.8 Å². The largest absolute Gasteiger partial charge is 0.385 e. The molecule has 1 aromatic rings. The maximum absolute atomic E-state index is 5.50. The third-order valence-electron chi connectivity index (χ3n) is 1.18. The van der Waals surface area contributed by atoms with E-state index in [0.717, 1.165) is 5.82 Å². The summed E-state index contributed by atoms with van der Waals surface area (Å²) in [6.07, 6.45) is 2.00. The molecule has 1 rings (SSSR count). The number of hydrogen-bond acceptors (Lipinski definition) is 1. The lowest BCUT2D eigenvalue weighted by Gasteiger charge is -1.90. The Labute approximate surface area is 62.7 Å². The van der Waals surface area contributed by atoms with Crippen LogP contribution in [0.25, 0.3) is 0 Å². The molecular formula is C8H16N2. The van der Waals surface area contributed by atoms with Crippen LogP contribution in [0.5, 0.6) is 0 Å². The smallest absolute Gasteiger partial charge is 0.103 e. The predicted octanol–water partition coefficient (Wildman–Crippen LogP) is 1.94. The van der Waals surface area contributed by atoms with Crippen molar-refractivity contribution < 1.29 is 0 Å². The molecular weight excluding hydrogens is 124 g/mol. The Hall–Kier alpha value is -0.920. The summed E-state index contributed by atoms with van der Waals surface area (Å²) >= 11 is 0. The van der Waals surface area contributed by atoms with Gasteiger partial charge in [-0.05, 0) is 18.6 Å². The van der Waals surface area contributed by atoms with E-state index in [4.69, 9.17) is 5.73 Å². The predicted molar refractivity (Wildman–Crippen MR) is 45.9 cm³/mol. The summed E-state index contributed by atoms with van der Waals surface area (Å²) in [5.74, 6) is 0.822. The zero-order valence-electron chi connectivity index (χ0n) is 7.18. The summed E-state index contributed by atoms with van der Waals surface area (Å²) in [7, 11) is 1.93. The highest BCUT2D eigenvalue weighted by atomic mass is 15.0. The van der Waals surface area contributed by atoms with Crippen LogP contribution in [0.2, 0.25) is 0 Å². The minimum Gasteiger partial charge on any atom is -0.385 e. The van der Waals surface area contributed by atoms with Gasteiger partial charge >= 0.3 is 0 Å². The maximum atomic E-state index is 5.50. The van der Waals surface area contributed by atoms with Gasteiger partial charge in [0, 0.05) is 13.2 Å². The van der Waals surface area contributed by atoms with Crippen molar-refractivity contribution in [1.82, 2.24) is 4.57 Å². The van der Waals surface area contributed by atoms with Crippen LogP contribution in [-0.4, -0.2) is 4.57 Å². The molecule has 0 spiro atoms. The van der Waals surface area contributed by atoms with Gasteiger partial charge in [0.1, 0.15) is 5.82 Å². The average Bonchev–Trinajstić information content (AvgIpc) is 2.16. The number of rotatable bonds is 0. The fraction of sp³-hybridized carbons (Fsp3) is 0.500. The minimum absolute atomic E-state index is 0.822. The van der Waals surface area contributed by atoms with Gasteiger partial charge in [0.2, 0.25) is 0 Å². The molecule has 0 unspecified atom stereocenters. The van der Waals surface area contributed by atoms with E-state index in [0.29, 0.717) is 0 Å². The van der Waals surface area contributed by atoms with Crippen molar-refractivity contribution in [2.24, 2.45) is 7.05 Å². The van der Waals surface area contributed by atoms with Gasteiger partial charge in [-0.25, -0.2) is 0 Å². The molecule has 0 saturated carbocycles. The lowest BCUT2D eigenvalue weighted by atomic mass is 10.4. The van der Waals surface area contributed by atoms with E-state index < -0.39 is 0 Å². The monoisotopic (exact) mass is 140 g/mol. The Morgan fingerprint density at radius 2 is 1.90 bits per heavy atom. The molecule has 0 aromatic carbocycles. The van der Waals surface area contributed by atoms with Crippen molar-refractivity contribution in [3.05, 3.63) is 17.8 Å². The summed E-state index contributed by atoms with van der Waals surface area (Å²) < 4.78 is 1.90. The first-order chi connectivity index (χ1) is 4.70. The molecule has 0 bridgehead atoms. The number of aromatic nitrogens is 1. The van der Waals surface area contributed by atoms with Crippen molar-refractivity contribution in [3.63, 3.8) is 0 Å². The first-order valence-electron chi connectivity index (χ1n) is 3.58. The number of nitrogen functional groups attached to an aromatic ring is 1. The molecule has 1 heterocycles. The highest BCUT2D eigenvalue weighted by Gasteiger charge is 1.90. The maximum Gasteiger partial charge on any atom is 0.103 e. The van der Waals surface area contributed by atoms with Crippen LogP contribution in [0.15, 0.2) is 12.3 Å². The number of hydrogen-bond donors (Lipinski definition) is 1. The first-order valence-corrected chi connectivity index (χ1v) is 3.58. The van der Waals surface area contributed by atoms with Crippen molar-refractivity contribution in [2.75, 3.05) is 5.73 Å². The standard InChI is InChI=1S/C6H10N2.C2H6/c1-5-3-6(7)8(2)4-5;1-2/h3-4H,7H2,1-2H3;1-2H3. The van der Waals surface area contributed by atoms with Crippen LogP contribution < -0.4 is 5.73 Å².